The Balaban J connectivity index is 2.26. The molecule has 1 aromatic rings. The number of rotatable bonds is 6. The second-order valence-electron chi connectivity index (χ2n) is 5.72. The SMILES string of the molecule is CN(C)CCCNCc1cnc(C(C)(C)C)s1. The first-order chi connectivity index (χ1) is 7.89. The van der Waals surface area contributed by atoms with Crippen molar-refractivity contribution in [1.82, 2.24) is 15.2 Å². The fourth-order valence-corrected chi connectivity index (χ4v) is 2.41. The van der Waals surface area contributed by atoms with E-state index in [2.05, 4.69) is 50.1 Å². The highest BCUT2D eigenvalue weighted by Crippen LogP contribution is 2.26. The van der Waals surface area contributed by atoms with Crippen LogP contribution in [-0.2, 0) is 12.0 Å². The average molecular weight is 255 g/mol. The van der Waals surface area contributed by atoms with Crippen molar-refractivity contribution in [3.63, 3.8) is 0 Å². The largest absolute Gasteiger partial charge is 0.312 e. The van der Waals surface area contributed by atoms with Gasteiger partial charge in [-0.1, -0.05) is 20.8 Å². The summed E-state index contributed by atoms with van der Waals surface area (Å²) in [6.45, 7) is 9.78. The second kappa shape index (κ2) is 6.47. The minimum absolute atomic E-state index is 0.174. The Labute approximate surface area is 109 Å². The number of hydrogen-bond donors (Lipinski definition) is 1. The van der Waals surface area contributed by atoms with Crippen LogP contribution in [0.2, 0.25) is 0 Å². The molecule has 0 aliphatic rings. The van der Waals surface area contributed by atoms with Gasteiger partial charge in [-0.15, -0.1) is 11.3 Å². The molecule has 0 radical (unpaired) electrons. The molecule has 0 amide bonds. The molecule has 0 bridgehead atoms. The van der Waals surface area contributed by atoms with Crippen molar-refractivity contribution in [2.24, 2.45) is 0 Å². The molecule has 1 N–H and O–H groups in total. The first-order valence-electron chi connectivity index (χ1n) is 6.20. The van der Waals surface area contributed by atoms with Gasteiger partial charge in [0, 0.05) is 23.0 Å². The normalized spacial score (nSPS) is 12.4. The van der Waals surface area contributed by atoms with E-state index >= 15 is 0 Å². The molecule has 0 saturated carbocycles. The molecule has 4 heteroatoms. The van der Waals surface area contributed by atoms with Gasteiger partial charge in [0.2, 0.25) is 0 Å². The Morgan fingerprint density at radius 3 is 2.59 bits per heavy atom. The highest BCUT2D eigenvalue weighted by atomic mass is 32.1. The van der Waals surface area contributed by atoms with Crippen molar-refractivity contribution in [1.29, 1.82) is 0 Å². The van der Waals surface area contributed by atoms with Gasteiger partial charge >= 0.3 is 0 Å². The van der Waals surface area contributed by atoms with Crippen molar-refractivity contribution in [2.75, 3.05) is 27.2 Å². The van der Waals surface area contributed by atoms with E-state index in [1.165, 1.54) is 16.3 Å². The van der Waals surface area contributed by atoms with Crippen LogP contribution in [0.25, 0.3) is 0 Å². The van der Waals surface area contributed by atoms with Gasteiger partial charge in [0.25, 0.3) is 0 Å². The predicted molar refractivity (Wildman–Crippen MR) is 75.7 cm³/mol. The average Bonchev–Trinajstić information content (AvgIpc) is 2.64. The number of thiazole rings is 1. The summed E-state index contributed by atoms with van der Waals surface area (Å²) in [5, 5.41) is 4.69. The Hall–Kier alpha value is -0.450. The number of nitrogens with one attached hydrogen (secondary N) is 1. The molecule has 0 unspecified atom stereocenters. The summed E-state index contributed by atoms with van der Waals surface area (Å²) in [5.74, 6) is 0. The quantitative estimate of drug-likeness (QED) is 0.792. The Morgan fingerprint density at radius 1 is 1.35 bits per heavy atom. The maximum atomic E-state index is 4.48. The van der Waals surface area contributed by atoms with E-state index in [-0.39, 0.29) is 5.41 Å². The van der Waals surface area contributed by atoms with Crippen molar-refractivity contribution in [3.8, 4) is 0 Å². The van der Waals surface area contributed by atoms with E-state index in [0.29, 0.717) is 0 Å². The molecule has 0 fully saturated rings. The van der Waals surface area contributed by atoms with Crippen LogP contribution in [0.4, 0.5) is 0 Å². The summed E-state index contributed by atoms with van der Waals surface area (Å²) in [4.78, 5) is 8.03. The molecule has 1 rings (SSSR count). The lowest BCUT2D eigenvalue weighted by Crippen LogP contribution is -2.20. The summed E-state index contributed by atoms with van der Waals surface area (Å²) < 4.78 is 0. The van der Waals surface area contributed by atoms with Gasteiger partial charge in [-0.2, -0.15) is 0 Å². The van der Waals surface area contributed by atoms with Crippen LogP contribution in [-0.4, -0.2) is 37.1 Å². The summed E-state index contributed by atoms with van der Waals surface area (Å²) in [5.41, 5.74) is 0.174. The molecule has 0 aliphatic heterocycles. The van der Waals surface area contributed by atoms with Gasteiger partial charge < -0.3 is 10.2 Å². The molecule has 0 aliphatic carbocycles. The first-order valence-corrected chi connectivity index (χ1v) is 7.02. The molecule has 0 saturated heterocycles. The Bertz CT molecular complexity index is 326. The van der Waals surface area contributed by atoms with E-state index in [4.69, 9.17) is 0 Å². The third-order valence-electron chi connectivity index (χ3n) is 2.45. The second-order valence-corrected chi connectivity index (χ2v) is 6.83. The molecule has 1 heterocycles. The zero-order valence-electron chi connectivity index (χ0n) is 11.7. The minimum atomic E-state index is 0.174. The molecule has 17 heavy (non-hydrogen) atoms. The third kappa shape index (κ3) is 5.61. The smallest absolute Gasteiger partial charge is 0.0981 e. The first kappa shape index (κ1) is 14.6. The van der Waals surface area contributed by atoms with Crippen LogP contribution in [0.5, 0.6) is 0 Å². The van der Waals surface area contributed by atoms with E-state index in [1.807, 2.05) is 17.5 Å². The summed E-state index contributed by atoms with van der Waals surface area (Å²) in [7, 11) is 4.22. The molecular weight excluding hydrogens is 230 g/mol. The minimum Gasteiger partial charge on any atom is -0.312 e. The third-order valence-corrected chi connectivity index (χ3v) is 3.88. The summed E-state index contributed by atoms with van der Waals surface area (Å²) in [6, 6.07) is 0. The topological polar surface area (TPSA) is 28.2 Å². The molecule has 98 valence electrons. The van der Waals surface area contributed by atoms with Crippen molar-refractivity contribution in [3.05, 3.63) is 16.1 Å². The predicted octanol–water partition coefficient (Wildman–Crippen LogP) is 2.48. The summed E-state index contributed by atoms with van der Waals surface area (Å²) >= 11 is 1.82. The molecule has 0 atom stereocenters. The van der Waals surface area contributed by atoms with Gasteiger partial charge in [-0.25, -0.2) is 4.98 Å². The van der Waals surface area contributed by atoms with Gasteiger partial charge in [0.15, 0.2) is 0 Å². The molecule has 3 nitrogen and oxygen atoms in total. The standard InChI is InChI=1S/C13H25N3S/c1-13(2,3)12-15-10-11(17-12)9-14-7-6-8-16(4)5/h10,14H,6-9H2,1-5H3. The lowest BCUT2D eigenvalue weighted by molar-refractivity contribution is 0.394. The zero-order chi connectivity index (χ0) is 12.9. The number of aromatic nitrogens is 1. The van der Waals surface area contributed by atoms with Gasteiger partial charge in [-0.05, 0) is 33.6 Å². The van der Waals surface area contributed by atoms with Gasteiger partial charge in [0.1, 0.15) is 0 Å². The monoisotopic (exact) mass is 255 g/mol. The van der Waals surface area contributed by atoms with Crippen LogP contribution in [0.3, 0.4) is 0 Å². The summed E-state index contributed by atoms with van der Waals surface area (Å²) in [6.07, 6.45) is 3.20. The molecular formula is C13H25N3S. The fourth-order valence-electron chi connectivity index (χ4n) is 1.47. The zero-order valence-corrected chi connectivity index (χ0v) is 12.5. The van der Waals surface area contributed by atoms with Gasteiger partial charge in [0.05, 0.1) is 5.01 Å². The van der Waals surface area contributed by atoms with Crippen molar-refractivity contribution in [2.45, 2.75) is 39.2 Å². The number of nitrogens with zero attached hydrogens (tertiary/aromatic N) is 2. The van der Waals surface area contributed by atoms with Crippen molar-refractivity contribution < 1.29 is 0 Å². The maximum absolute atomic E-state index is 4.48. The highest BCUT2D eigenvalue weighted by molar-refractivity contribution is 7.11. The molecule has 0 aromatic carbocycles. The van der Waals surface area contributed by atoms with E-state index in [1.54, 1.807) is 0 Å². The maximum Gasteiger partial charge on any atom is 0.0981 e. The number of hydrogen-bond acceptors (Lipinski definition) is 4. The van der Waals surface area contributed by atoms with E-state index < -0.39 is 0 Å². The van der Waals surface area contributed by atoms with E-state index in [9.17, 15) is 0 Å². The molecule has 1 aromatic heterocycles. The van der Waals surface area contributed by atoms with Crippen LogP contribution in [0.1, 0.15) is 37.1 Å². The van der Waals surface area contributed by atoms with Crippen LogP contribution >= 0.6 is 11.3 Å². The molecule has 0 spiro atoms. The lowest BCUT2D eigenvalue weighted by atomic mass is 9.98. The van der Waals surface area contributed by atoms with Gasteiger partial charge in [-0.3, -0.25) is 0 Å². The van der Waals surface area contributed by atoms with E-state index in [0.717, 1.165) is 19.6 Å². The Kier molecular flexibility index (Phi) is 5.56. The lowest BCUT2D eigenvalue weighted by Gasteiger charge is -2.13. The van der Waals surface area contributed by atoms with Crippen LogP contribution in [0.15, 0.2) is 6.20 Å². The Morgan fingerprint density at radius 2 is 2.06 bits per heavy atom. The van der Waals surface area contributed by atoms with Crippen LogP contribution in [0, 0.1) is 0 Å². The van der Waals surface area contributed by atoms with Crippen LogP contribution < -0.4 is 5.32 Å². The van der Waals surface area contributed by atoms with Crippen molar-refractivity contribution >= 4 is 11.3 Å². The highest BCUT2D eigenvalue weighted by Gasteiger charge is 2.17. The fraction of sp³-hybridized carbons (Fsp3) is 0.769.